The molecule has 1 aromatic rings. The molecule has 0 radical (unpaired) electrons. The zero-order valence-electron chi connectivity index (χ0n) is 14.3. The summed E-state index contributed by atoms with van der Waals surface area (Å²) in [5, 5.41) is 3.38. The second-order valence-electron chi connectivity index (χ2n) is 6.83. The summed E-state index contributed by atoms with van der Waals surface area (Å²) in [7, 11) is 0. The lowest BCUT2D eigenvalue weighted by atomic mass is 10.1. The normalized spacial score (nSPS) is 21.7. The van der Waals surface area contributed by atoms with Crippen molar-refractivity contribution in [2.24, 2.45) is 0 Å². The maximum absolute atomic E-state index is 13.0. The van der Waals surface area contributed by atoms with E-state index in [2.05, 4.69) is 34.2 Å². The van der Waals surface area contributed by atoms with Crippen LogP contribution in [0.5, 0.6) is 0 Å². The van der Waals surface area contributed by atoms with Gasteiger partial charge < -0.3 is 10.2 Å². The average molecular weight is 315 g/mol. The van der Waals surface area contributed by atoms with Crippen LogP contribution >= 0.6 is 0 Å². The Hall–Kier alpha value is -1.39. The highest BCUT2D eigenvalue weighted by Gasteiger charge is 2.26. The first-order chi connectivity index (χ1) is 11.3. The van der Waals surface area contributed by atoms with Crippen LogP contribution in [-0.2, 0) is 6.54 Å². The smallest absolute Gasteiger partial charge is 0.254 e. The van der Waals surface area contributed by atoms with Gasteiger partial charge in [0, 0.05) is 31.2 Å². The van der Waals surface area contributed by atoms with Crippen LogP contribution in [0.1, 0.15) is 48.5 Å². The van der Waals surface area contributed by atoms with Crippen molar-refractivity contribution in [1.29, 1.82) is 0 Å². The van der Waals surface area contributed by atoms with Gasteiger partial charge in [0.2, 0.25) is 0 Å². The summed E-state index contributed by atoms with van der Waals surface area (Å²) in [5.41, 5.74) is 2.11. The number of nitrogens with one attached hydrogen (secondary N) is 1. The third kappa shape index (κ3) is 4.12. The SMILES string of the molecule is CCCN(C(=O)c1cccc(CN2CCCC2)c1)C1CCNC1. The number of amides is 1. The van der Waals surface area contributed by atoms with Gasteiger partial charge in [0.15, 0.2) is 0 Å². The number of rotatable bonds is 6. The minimum Gasteiger partial charge on any atom is -0.334 e. The van der Waals surface area contributed by atoms with E-state index in [1.54, 1.807) is 0 Å². The van der Waals surface area contributed by atoms with Crippen molar-refractivity contribution in [3.63, 3.8) is 0 Å². The highest BCUT2D eigenvalue weighted by atomic mass is 16.2. The van der Waals surface area contributed by atoms with Gasteiger partial charge in [-0.3, -0.25) is 9.69 Å². The van der Waals surface area contributed by atoms with Gasteiger partial charge in [-0.05, 0) is 63.0 Å². The summed E-state index contributed by atoms with van der Waals surface area (Å²) in [6.07, 6.45) is 4.68. The van der Waals surface area contributed by atoms with E-state index in [1.807, 2.05) is 12.1 Å². The van der Waals surface area contributed by atoms with Gasteiger partial charge in [-0.1, -0.05) is 19.1 Å². The summed E-state index contributed by atoms with van der Waals surface area (Å²) in [5.74, 6) is 0.198. The Kier molecular flexibility index (Phi) is 5.68. The quantitative estimate of drug-likeness (QED) is 0.876. The Balaban J connectivity index is 1.71. The molecular weight excluding hydrogens is 286 g/mol. The van der Waals surface area contributed by atoms with Crippen molar-refractivity contribution in [3.8, 4) is 0 Å². The van der Waals surface area contributed by atoms with Crippen molar-refractivity contribution in [1.82, 2.24) is 15.1 Å². The molecule has 1 unspecified atom stereocenters. The van der Waals surface area contributed by atoms with Crippen molar-refractivity contribution in [3.05, 3.63) is 35.4 Å². The van der Waals surface area contributed by atoms with Crippen molar-refractivity contribution in [2.45, 2.75) is 45.2 Å². The lowest BCUT2D eigenvalue weighted by Gasteiger charge is -2.28. The van der Waals surface area contributed by atoms with Gasteiger partial charge in [-0.25, -0.2) is 0 Å². The first-order valence-electron chi connectivity index (χ1n) is 9.11. The van der Waals surface area contributed by atoms with Crippen LogP contribution in [0.25, 0.3) is 0 Å². The van der Waals surface area contributed by atoms with E-state index in [-0.39, 0.29) is 5.91 Å². The van der Waals surface area contributed by atoms with Gasteiger partial charge in [0.25, 0.3) is 5.91 Å². The van der Waals surface area contributed by atoms with Crippen LogP contribution < -0.4 is 5.32 Å². The van der Waals surface area contributed by atoms with E-state index in [0.29, 0.717) is 6.04 Å². The summed E-state index contributed by atoms with van der Waals surface area (Å²) in [6.45, 7) is 8.29. The number of carbonyl (C=O) groups excluding carboxylic acids is 1. The standard InChI is InChI=1S/C19H29N3O/c1-2-10-22(18-8-9-20-14-18)19(23)17-7-5-6-16(13-17)15-21-11-3-4-12-21/h5-7,13,18,20H,2-4,8-12,14-15H2,1H3. The molecule has 1 amide bonds. The monoisotopic (exact) mass is 315 g/mol. The predicted octanol–water partition coefficient (Wildman–Crippen LogP) is 2.50. The number of likely N-dealkylation sites (tertiary alicyclic amines) is 1. The lowest BCUT2D eigenvalue weighted by Crippen LogP contribution is -2.42. The minimum atomic E-state index is 0.198. The molecule has 0 saturated carbocycles. The fraction of sp³-hybridized carbons (Fsp3) is 0.632. The van der Waals surface area contributed by atoms with Crippen molar-refractivity contribution < 1.29 is 4.79 Å². The Morgan fingerprint density at radius 1 is 1.35 bits per heavy atom. The molecule has 3 rings (SSSR count). The molecule has 0 aliphatic carbocycles. The highest BCUT2D eigenvalue weighted by molar-refractivity contribution is 5.94. The molecule has 0 bridgehead atoms. The lowest BCUT2D eigenvalue weighted by molar-refractivity contribution is 0.0692. The fourth-order valence-electron chi connectivity index (χ4n) is 3.76. The molecule has 23 heavy (non-hydrogen) atoms. The van der Waals surface area contributed by atoms with E-state index in [9.17, 15) is 4.79 Å². The molecule has 2 heterocycles. The van der Waals surface area contributed by atoms with Gasteiger partial charge in [0.1, 0.15) is 0 Å². The van der Waals surface area contributed by atoms with E-state index in [0.717, 1.165) is 44.6 Å². The van der Waals surface area contributed by atoms with E-state index in [1.165, 1.54) is 31.5 Å². The third-order valence-corrected chi connectivity index (χ3v) is 4.98. The maximum Gasteiger partial charge on any atom is 0.254 e. The van der Waals surface area contributed by atoms with Gasteiger partial charge in [-0.2, -0.15) is 0 Å². The Labute approximate surface area is 139 Å². The van der Waals surface area contributed by atoms with Gasteiger partial charge >= 0.3 is 0 Å². The van der Waals surface area contributed by atoms with E-state index >= 15 is 0 Å². The zero-order chi connectivity index (χ0) is 16.1. The van der Waals surface area contributed by atoms with Crippen LogP contribution in [0.3, 0.4) is 0 Å². The molecule has 0 aromatic heterocycles. The molecule has 1 N–H and O–H groups in total. The summed E-state index contributed by atoms with van der Waals surface area (Å²) >= 11 is 0. The largest absolute Gasteiger partial charge is 0.334 e. The fourth-order valence-corrected chi connectivity index (χ4v) is 3.76. The molecule has 2 aliphatic rings. The molecule has 2 aliphatic heterocycles. The molecule has 2 fully saturated rings. The van der Waals surface area contributed by atoms with Gasteiger partial charge in [0.05, 0.1) is 0 Å². The van der Waals surface area contributed by atoms with E-state index < -0.39 is 0 Å². The first kappa shape index (κ1) is 16.5. The predicted molar refractivity (Wildman–Crippen MR) is 93.6 cm³/mol. The maximum atomic E-state index is 13.0. The Morgan fingerprint density at radius 2 is 2.17 bits per heavy atom. The molecule has 0 spiro atoms. The van der Waals surface area contributed by atoms with Crippen LogP contribution in [0.2, 0.25) is 0 Å². The summed E-state index contributed by atoms with van der Waals surface area (Å²) in [4.78, 5) is 17.6. The number of carbonyl (C=O) groups is 1. The third-order valence-electron chi connectivity index (χ3n) is 4.98. The highest BCUT2D eigenvalue weighted by Crippen LogP contribution is 2.17. The Bertz CT molecular complexity index is 519. The van der Waals surface area contributed by atoms with Crippen LogP contribution in [0, 0.1) is 0 Å². The molecule has 1 aromatic carbocycles. The van der Waals surface area contributed by atoms with Crippen LogP contribution in [0.4, 0.5) is 0 Å². The number of hydrogen-bond donors (Lipinski definition) is 1. The molecule has 4 heteroatoms. The number of hydrogen-bond acceptors (Lipinski definition) is 3. The average Bonchev–Trinajstić information content (AvgIpc) is 3.26. The number of benzene rings is 1. The second kappa shape index (κ2) is 7.93. The topological polar surface area (TPSA) is 35.6 Å². The van der Waals surface area contributed by atoms with Gasteiger partial charge in [-0.15, -0.1) is 0 Å². The summed E-state index contributed by atoms with van der Waals surface area (Å²) in [6, 6.07) is 8.61. The molecular formula is C19H29N3O. The first-order valence-corrected chi connectivity index (χ1v) is 9.11. The molecule has 2 saturated heterocycles. The summed E-state index contributed by atoms with van der Waals surface area (Å²) < 4.78 is 0. The Morgan fingerprint density at radius 3 is 2.87 bits per heavy atom. The van der Waals surface area contributed by atoms with Crippen LogP contribution in [-0.4, -0.2) is 54.5 Å². The second-order valence-corrected chi connectivity index (χ2v) is 6.83. The zero-order valence-corrected chi connectivity index (χ0v) is 14.3. The number of nitrogens with zero attached hydrogens (tertiary/aromatic N) is 2. The molecule has 1 atom stereocenters. The minimum absolute atomic E-state index is 0.198. The molecule has 4 nitrogen and oxygen atoms in total. The molecule has 126 valence electrons. The van der Waals surface area contributed by atoms with Crippen molar-refractivity contribution in [2.75, 3.05) is 32.7 Å². The van der Waals surface area contributed by atoms with Crippen LogP contribution in [0.15, 0.2) is 24.3 Å². The van der Waals surface area contributed by atoms with E-state index in [4.69, 9.17) is 0 Å². The van der Waals surface area contributed by atoms with Crippen molar-refractivity contribution >= 4 is 5.91 Å².